The summed E-state index contributed by atoms with van der Waals surface area (Å²) in [5, 5.41) is 22.5. The molecule has 2 aromatic carbocycles. The zero-order valence-corrected chi connectivity index (χ0v) is 15.3. The number of hydrogen-bond donors (Lipinski definition) is 1. The topological polar surface area (TPSA) is 103 Å². The van der Waals surface area contributed by atoms with Gasteiger partial charge < -0.3 is 5.32 Å². The molecule has 1 amide bonds. The molecule has 1 N–H and O–H groups in total. The van der Waals surface area contributed by atoms with Gasteiger partial charge in [-0.25, -0.2) is 0 Å². The fourth-order valence-corrected chi connectivity index (χ4v) is 3.26. The minimum absolute atomic E-state index is 0.0158. The Bertz CT molecular complexity index is 941. The van der Waals surface area contributed by atoms with Crippen LogP contribution in [0.4, 0.5) is 5.69 Å². The first kappa shape index (κ1) is 18.6. The summed E-state index contributed by atoms with van der Waals surface area (Å²) in [5.74, 6) is 0.711. The van der Waals surface area contributed by atoms with E-state index in [1.54, 1.807) is 19.2 Å². The molecule has 0 saturated heterocycles. The maximum Gasteiger partial charge on any atom is 0.269 e. The van der Waals surface area contributed by atoms with Gasteiger partial charge in [0.2, 0.25) is 5.91 Å². The van der Waals surface area contributed by atoms with E-state index in [0.29, 0.717) is 17.5 Å². The number of thioether (sulfide) groups is 1. The van der Waals surface area contributed by atoms with Gasteiger partial charge in [0.25, 0.3) is 5.69 Å². The molecule has 27 heavy (non-hydrogen) atoms. The van der Waals surface area contributed by atoms with E-state index in [9.17, 15) is 14.9 Å². The van der Waals surface area contributed by atoms with Crippen LogP contribution in [-0.2, 0) is 11.3 Å². The van der Waals surface area contributed by atoms with Gasteiger partial charge >= 0.3 is 0 Å². The fraction of sp³-hybridized carbons (Fsp3) is 0.167. The molecule has 0 unspecified atom stereocenters. The van der Waals surface area contributed by atoms with Gasteiger partial charge in [-0.15, -0.1) is 10.2 Å². The minimum Gasteiger partial charge on any atom is -0.358 e. The Labute approximate surface area is 159 Å². The molecule has 0 bridgehead atoms. The minimum atomic E-state index is -0.441. The number of hydrogen-bond acceptors (Lipinski definition) is 6. The molecule has 8 nitrogen and oxygen atoms in total. The number of nitro groups is 1. The van der Waals surface area contributed by atoms with Gasteiger partial charge in [-0.05, 0) is 17.7 Å². The second kappa shape index (κ2) is 8.45. The summed E-state index contributed by atoms with van der Waals surface area (Å²) < 4.78 is 1.91. The molecule has 138 valence electrons. The van der Waals surface area contributed by atoms with Gasteiger partial charge in [0.15, 0.2) is 11.0 Å². The highest BCUT2D eigenvalue weighted by Gasteiger charge is 2.17. The number of non-ortho nitro benzene ring substituents is 1. The maximum atomic E-state index is 11.6. The van der Waals surface area contributed by atoms with Crippen LogP contribution in [0.5, 0.6) is 0 Å². The molecule has 9 heteroatoms. The Kier molecular flexibility index (Phi) is 5.82. The number of amides is 1. The van der Waals surface area contributed by atoms with Crippen molar-refractivity contribution in [3.05, 3.63) is 70.3 Å². The van der Waals surface area contributed by atoms with E-state index < -0.39 is 4.92 Å². The van der Waals surface area contributed by atoms with Gasteiger partial charge in [-0.3, -0.25) is 19.5 Å². The third-order valence-electron chi connectivity index (χ3n) is 3.85. The highest BCUT2D eigenvalue weighted by Crippen LogP contribution is 2.26. The van der Waals surface area contributed by atoms with Crippen molar-refractivity contribution in [2.45, 2.75) is 11.7 Å². The molecule has 3 rings (SSSR count). The zero-order valence-electron chi connectivity index (χ0n) is 14.5. The van der Waals surface area contributed by atoms with Gasteiger partial charge in [-0.1, -0.05) is 42.1 Å². The summed E-state index contributed by atoms with van der Waals surface area (Å²) in [4.78, 5) is 22.0. The first-order chi connectivity index (χ1) is 13.1. The van der Waals surface area contributed by atoms with Crippen LogP contribution >= 0.6 is 11.8 Å². The third-order valence-corrected chi connectivity index (χ3v) is 4.81. The molecule has 0 spiro atoms. The van der Waals surface area contributed by atoms with Crippen molar-refractivity contribution in [1.82, 2.24) is 20.1 Å². The summed E-state index contributed by atoms with van der Waals surface area (Å²) in [5.41, 5.74) is 1.79. The van der Waals surface area contributed by atoms with E-state index in [1.165, 1.54) is 23.9 Å². The normalized spacial score (nSPS) is 10.6. The van der Waals surface area contributed by atoms with Crippen molar-refractivity contribution in [2.75, 3.05) is 12.8 Å². The Morgan fingerprint density at radius 3 is 2.48 bits per heavy atom. The van der Waals surface area contributed by atoms with Crippen LogP contribution in [0.3, 0.4) is 0 Å². The number of rotatable bonds is 7. The van der Waals surface area contributed by atoms with E-state index in [-0.39, 0.29) is 17.3 Å². The summed E-state index contributed by atoms with van der Waals surface area (Å²) in [6.07, 6.45) is 0. The smallest absolute Gasteiger partial charge is 0.269 e. The van der Waals surface area contributed by atoms with Crippen molar-refractivity contribution in [2.24, 2.45) is 0 Å². The van der Waals surface area contributed by atoms with E-state index in [1.807, 2.05) is 34.9 Å². The average molecular weight is 383 g/mol. The molecule has 0 saturated carbocycles. The molecule has 3 aromatic rings. The molecule has 0 aliphatic carbocycles. The lowest BCUT2D eigenvalue weighted by Crippen LogP contribution is -2.20. The average Bonchev–Trinajstić information content (AvgIpc) is 3.09. The number of carbonyl (C=O) groups is 1. The molecule has 0 fully saturated rings. The van der Waals surface area contributed by atoms with Crippen LogP contribution < -0.4 is 5.32 Å². The standard InChI is InChI=1S/C18H17N5O3S/c1-19-16(24)12-27-18-21-20-17(14-7-9-15(10-8-14)23(25)26)22(18)11-13-5-3-2-4-6-13/h2-10H,11-12H2,1H3,(H,19,24). The second-order valence-corrected chi connectivity index (χ2v) is 6.59. The van der Waals surface area contributed by atoms with E-state index in [2.05, 4.69) is 15.5 Å². The van der Waals surface area contributed by atoms with Crippen LogP contribution in [0.15, 0.2) is 59.8 Å². The lowest BCUT2D eigenvalue weighted by atomic mass is 10.2. The summed E-state index contributed by atoms with van der Waals surface area (Å²) in [6, 6.07) is 16.0. The van der Waals surface area contributed by atoms with Crippen LogP contribution in [0.1, 0.15) is 5.56 Å². The molecular weight excluding hydrogens is 366 g/mol. The van der Waals surface area contributed by atoms with Crippen molar-refractivity contribution >= 4 is 23.4 Å². The van der Waals surface area contributed by atoms with Crippen molar-refractivity contribution in [3.8, 4) is 11.4 Å². The van der Waals surface area contributed by atoms with Gasteiger partial charge in [0.1, 0.15) is 0 Å². The number of nitrogens with zero attached hydrogens (tertiary/aromatic N) is 4. The number of benzene rings is 2. The lowest BCUT2D eigenvalue weighted by Gasteiger charge is -2.10. The van der Waals surface area contributed by atoms with E-state index >= 15 is 0 Å². The van der Waals surface area contributed by atoms with Crippen molar-refractivity contribution in [1.29, 1.82) is 0 Å². The summed E-state index contributed by atoms with van der Waals surface area (Å²) in [6.45, 7) is 0.524. The zero-order chi connectivity index (χ0) is 19.2. The SMILES string of the molecule is CNC(=O)CSc1nnc(-c2ccc([N+](=O)[O-])cc2)n1Cc1ccccc1. The van der Waals surface area contributed by atoms with Gasteiger partial charge in [0.05, 0.1) is 17.2 Å². The lowest BCUT2D eigenvalue weighted by molar-refractivity contribution is -0.384. The fourth-order valence-electron chi connectivity index (χ4n) is 2.45. The predicted molar refractivity (Wildman–Crippen MR) is 102 cm³/mol. The molecule has 1 aromatic heterocycles. The number of nitro benzene ring substituents is 1. The van der Waals surface area contributed by atoms with E-state index in [4.69, 9.17) is 0 Å². The van der Waals surface area contributed by atoms with Crippen LogP contribution in [0.25, 0.3) is 11.4 Å². The summed E-state index contributed by atoms with van der Waals surface area (Å²) in [7, 11) is 1.58. The molecule has 1 heterocycles. The largest absolute Gasteiger partial charge is 0.358 e. The molecular formula is C18H17N5O3S. The van der Waals surface area contributed by atoms with Crippen LogP contribution in [0.2, 0.25) is 0 Å². The molecule has 0 aliphatic heterocycles. The molecule has 0 aliphatic rings. The number of nitrogens with one attached hydrogen (secondary N) is 1. The second-order valence-electron chi connectivity index (χ2n) is 5.64. The molecule has 0 radical (unpaired) electrons. The highest BCUT2D eigenvalue weighted by atomic mass is 32.2. The number of aromatic nitrogens is 3. The Hall–Kier alpha value is -3.20. The van der Waals surface area contributed by atoms with E-state index in [0.717, 1.165) is 11.1 Å². The van der Waals surface area contributed by atoms with Crippen LogP contribution in [0, 0.1) is 10.1 Å². The van der Waals surface area contributed by atoms with Crippen molar-refractivity contribution < 1.29 is 9.72 Å². The van der Waals surface area contributed by atoms with Crippen molar-refractivity contribution in [3.63, 3.8) is 0 Å². The highest BCUT2D eigenvalue weighted by molar-refractivity contribution is 7.99. The first-order valence-corrected chi connectivity index (χ1v) is 9.12. The number of carbonyl (C=O) groups excluding carboxylic acids is 1. The van der Waals surface area contributed by atoms with Crippen LogP contribution in [-0.4, -0.2) is 38.4 Å². The monoisotopic (exact) mass is 383 g/mol. The first-order valence-electron chi connectivity index (χ1n) is 8.14. The predicted octanol–water partition coefficient (Wildman–Crippen LogP) is 2.74. The Balaban J connectivity index is 1.95. The Morgan fingerprint density at radius 1 is 1.15 bits per heavy atom. The molecule has 0 atom stereocenters. The quantitative estimate of drug-likeness (QED) is 0.382. The third kappa shape index (κ3) is 4.50. The van der Waals surface area contributed by atoms with Gasteiger partial charge in [-0.2, -0.15) is 0 Å². The summed E-state index contributed by atoms with van der Waals surface area (Å²) >= 11 is 1.29. The Morgan fingerprint density at radius 2 is 1.85 bits per heavy atom. The van der Waals surface area contributed by atoms with Gasteiger partial charge in [0, 0.05) is 24.7 Å². The maximum absolute atomic E-state index is 11.6.